The van der Waals surface area contributed by atoms with Crippen molar-refractivity contribution in [3.8, 4) is 0 Å². The van der Waals surface area contributed by atoms with Gasteiger partial charge in [-0.05, 0) is 0 Å². The minimum atomic E-state index is -0.968. The number of hydrogen-bond acceptors (Lipinski definition) is 4. The van der Waals surface area contributed by atoms with E-state index in [0.717, 1.165) is 0 Å². The van der Waals surface area contributed by atoms with E-state index in [2.05, 4.69) is 11.5 Å². The van der Waals surface area contributed by atoms with Crippen LogP contribution >= 0.6 is 0 Å². The Hall–Kier alpha value is -0.661. The molecule has 0 aliphatic carbocycles. The Balaban J connectivity index is -0.0000000457. The molecule has 7 nitrogen and oxygen atoms in total. The van der Waals surface area contributed by atoms with Gasteiger partial charge in [-0.25, -0.2) is 0 Å². The second kappa shape index (κ2) is 16.7. The molecule has 8 N–H and O–H groups in total. The van der Waals surface area contributed by atoms with Crippen molar-refractivity contribution in [1.82, 2.24) is 0 Å². The molecule has 0 aromatic carbocycles. The van der Waals surface area contributed by atoms with Gasteiger partial charge in [-0.15, -0.1) is 0 Å². The summed E-state index contributed by atoms with van der Waals surface area (Å²) in [6.45, 7) is -0.556. The Labute approximate surface area is 79.5 Å². The van der Waals surface area contributed by atoms with E-state index >= 15 is 0 Å². The van der Waals surface area contributed by atoms with Gasteiger partial charge in [-0.3, -0.25) is 9.59 Å². The fraction of sp³-hybridized carbons (Fsp3) is 0.500. The van der Waals surface area contributed by atoms with Crippen molar-refractivity contribution in [2.24, 2.45) is 11.5 Å². The normalized spacial score (nSPS) is 6.17. The van der Waals surface area contributed by atoms with E-state index in [9.17, 15) is 9.59 Å². The smallest absolute Gasteiger partial charge is 0.317 e. The molecule has 0 saturated carbocycles. The van der Waals surface area contributed by atoms with Crippen LogP contribution in [0.1, 0.15) is 0 Å². The number of rotatable bonds is 2. The summed E-state index contributed by atoms with van der Waals surface area (Å²) in [5.74, 6) is -1.94. The van der Waals surface area contributed by atoms with Gasteiger partial charge in [-0.2, -0.15) is 0 Å². The average molecular weight is 232 g/mol. The molecule has 0 heterocycles. The monoisotopic (exact) mass is 231 g/mol. The first-order valence-corrected chi connectivity index (χ1v) is 2.38. The molecule has 0 spiro atoms. The maximum atomic E-state index is 9.24. The summed E-state index contributed by atoms with van der Waals surface area (Å²) < 4.78 is 0. The van der Waals surface area contributed by atoms with Gasteiger partial charge in [0.05, 0.1) is 13.1 Å². The molecule has 0 aliphatic rings. The van der Waals surface area contributed by atoms with Crippen LogP contribution in [-0.4, -0.2) is 40.7 Å². The van der Waals surface area contributed by atoms with Gasteiger partial charge in [-0.1, -0.05) is 0 Å². The number of carboxylic acid groups (broad SMARTS) is 2. The summed E-state index contributed by atoms with van der Waals surface area (Å²) in [6.07, 6.45) is 0. The van der Waals surface area contributed by atoms with Crippen LogP contribution in [0, 0.1) is 0 Å². The fourth-order valence-corrected chi connectivity index (χ4v) is 0. The van der Waals surface area contributed by atoms with Gasteiger partial charge in [0, 0.05) is 17.1 Å². The molecule has 0 unspecified atom stereocenters. The molecule has 12 heavy (non-hydrogen) atoms. The second-order valence-corrected chi connectivity index (χ2v) is 1.20. The maximum absolute atomic E-state index is 9.24. The van der Waals surface area contributed by atoms with Gasteiger partial charge in [0.15, 0.2) is 0 Å². The minimum Gasteiger partial charge on any atom is -0.480 e. The molecule has 8 heteroatoms. The van der Waals surface area contributed by atoms with Crippen LogP contribution < -0.4 is 11.5 Å². The van der Waals surface area contributed by atoms with Crippen molar-refractivity contribution >= 4 is 11.9 Å². The summed E-state index contributed by atoms with van der Waals surface area (Å²) in [5, 5.41) is 15.2. The Morgan fingerprint density at radius 1 is 1.00 bits per heavy atom. The van der Waals surface area contributed by atoms with E-state index in [4.69, 9.17) is 10.2 Å². The first-order chi connectivity index (χ1) is 4.54. The first kappa shape index (κ1) is 22.5. The van der Waals surface area contributed by atoms with Gasteiger partial charge in [0.2, 0.25) is 0 Å². The quantitative estimate of drug-likeness (QED) is 0.377. The summed E-state index contributed by atoms with van der Waals surface area (Å²) in [4.78, 5) is 18.5. The third-order valence-corrected chi connectivity index (χ3v) is 0.349. The molecule has 0 aliphatic heterocycles. The molecule has 0 bridgehead atoms. The topological polar surface area (TPSA) is 158 Å². The second-order valence-electron chi connectivity index (χ2n) is 1.20. The molecule has 0 atom stereocenters. The van der Waals surface area contributed by atoms with Gasteiger partial charge in [0.25, 0.3) is 0 Å². The van der Waals surface area contributed by atoms with Crippen LogP contribution in [0.4, 0.5) is 0 Å². The Bertz CT molecular complexity index is 106. The molecule has 1 radical (unpaired) electrons. The predicted molar refractivity (Wildman–Crippen MR) is 37.0 cm³/mol. The summed E-state index contributed by atoms with van der Waals surface area (Å²) in [7, 11) is 0. The molecule has 0 aromatic heterocycles. The SMILES string of the molecule is NCC(=O)O.NCC(=O)O.O.[Cu]. The minimum absolute atomic E-state index is 0. The number of carbonyl (C=O) groups is 2. The summed E-state index contributed by atoms with van der Waals surface area (Å²) >= 11 is 0. The third kappa shape index (κ3) is 58.2. The molecule has 0 saturated heterocycles. The number of hydrogen-bond donors (Lipinski definition) is 4. The van der Waals surface area contributed by atoms with Crippen molar-refractivity contribution in [1.29, 1.82) is 0 Å². The van der Waals surface area contributed by atoms with E-state index in [0.29, 0.717) is 0 Å². The predicted octanol–water partition coefficient (Wildman–Crippen LogP) is -2.77. The van der Waals surface area contributed by atoms with Gasteiger partial charge in [0.1, 0.15) is 0 Å². The largest absolute Gasteiger partial charge is 0.480 e. The zero-order valence-corrected chi connectivity index (χ0v) is 7.02. The molecule has 79 valence electrons. The van der Waals surface area contributed by atoms with Crippen LogP contribution in [0.2, 0.25) is 0 Å². The van der Waals surface area contributed by atoms with Crippen LogP contribution in [-0.2, 0) is 26.7 Å². The molecular formula is C4H12CuN2O5. The van der Waals surface area contributed by atoms with Crippen molar-refractivity contribution in [3.63, 3.8) is 0 Å². The average Bonchev–Trinajstić information content (AvgIpc) is 1.89. The maximum Gasteiger partial charge on any atom is 0.317 e. The zero-order valence-electron chi connectivity index (χ0n) is 6.08. The van der Waals surface area contributed by atoms with Gasteiger partial charge < -0.3 is 27.2 Å². The fourth-order valence-electron chi connectivity index (χ4n) is 0. The van der Waals surface area contributed by atoms with E-state index in [-0.39, 0.29) is 35.6 Å². The van der Waals surface area contributed by atoms with Crippen molar-refractivity contribution in [2.75, 3.05) is 13.1 Å². The number of carboxylic acids is 2. The van der Waals surface area contributed by atoms with Crippen LogP contribution in [0.3, 0.4) is 0 Å². The first-order valence-electron chi connectivity index (χ1n) is 2.38. The standard InChI is InChI=1S/2C2H5NO2.Cu.H2O/c2*3-1-2(4)5;;/h2*1,3H2,(H,4,5);;1H2. The van der Waals surface area contributed by atoms with Crippen LogP contribution in [0.25, 0.3) is 0 Å². The molecule has 0 fully saturated rings. The van der Waals surface area contributed by atoms with Crippen molar-refractivity contribution in [3.05, 3.63) is 0 Å². The van der Waals surface area contributed by atoms with Crippen molar-refractivity contribution < 1.29 is 42.3 Å². The molecule has 0 aromatic rings. The molecular weight excluding hydrogens is 220 g/mol. The third-order valence-electron chi connectivity index (χ3n) is 0.349. The number of nitrogens with two attached hydrogens (primary N) is 2. The van der Waals surface area contributed by atoms with E-state index < -0.39 is 11.9 Å². The summed E-state index contributed by atoms with van der Waals surface area (Å²) in [5.41, 5.74) is 9.14. The van der Waals surface area contributed by atoms with E-state index in [1.165, 1.54) is 0 Å². The molecule has 0 amide bonds. The Morgan fingerprint density at radius 3 is 1.08 bits per heavy atom. The van der Waals surface area contributed by atoms with Crippen LogP contribution in [0.15, 0.2) is 0 Å². The number of aliphatic carboxylic acids is 2. The van der Waals surface area contributed by atoms with E-state index in [1.54, 1.807) is 0 Å². The van der Waals surface area contributed by atoms with Gasteiger partial charge >= 0.3 is 11.9 Å². The Morgan fingerprint density at radius 2 is 1.08 bits per heavy atom. The zero-order chi connectivity index (χ0) is 8.57. The Kier molecular flexibility index (Phi) is 31.4. The van der Waals surface area contributed by atoms with E-state index in [1.807, 2.05) is 0 Å². The molecule has 0 rings (SSSR count). The van der Waals surface area contributed by atoms with Crippen LogP contribution in [0.5, 0.6) is 0 Å². The summed E-state index contributed by atoms with van der Waals surface area (Å²) in [6, 6.07) is 0. The van der Waals surface area contributed by atoms with Crippen molar-refractivity contribution in [2.45, 2.75) is 0 Å².